The van der Waals surface area contributed by atoms with Crippen LogP contribution in [-0.4, -0.2) is 48.0 Å². The normalized spacial score (nSPS) is 12.8. The fraction of sp³-hybridized carbons (Fsp3) is 0.467. The van der Waals surface area contributed by atoms with E-state index < -0.39 is 35.6 Å². The average molecular weight is 539 g/mol. The van der Waals surface area contributed by atoms with Crippen LogP contribution in [0.25, 0.3) is 11.1 Å². The number of nitrogens with two attached hydrogens (primary N) is 1. The molecule has 0 radical (unpaired) electrons. The zero-order valence-corrected chi connectivity index (χ0v) is 23.6. The topological polar surface area (TPSA) is 140 Å². The molecule has 0 unspecified atom stereocenters. The highest BCUT2D eigenvalue weighted by atomic mass is 16.6. The molecule has 9 heteroatoms. The van der Waals surface area contributed by atoms with E-state index in [0.29, 0.717) is 19.4 Å². The number of alkyl carbamates (subject to hydrolysis) is 1. The number of hydrogen-bond donors (Lipinski definition) is 4. The van der Waals surface area contributed by atoms with Crippen LogP contribution < -0.4 is 21.7 Å². The van der Waals surface area contributed by atoms with Gasteiger partial charge in [-0.3, -0.25) is 14.4 Å². The number of hydrogen-bond acceptors (Lipinski definition) is 5. The van der Waals surface area contributed by atoms with Crippen LogP contribution in [0.2, 0.25) is 0 Å². The van der Waals surface area contributed by atoms with Crippen molar-refractivity contribution in [3.8, 4) is 11.1 Å². The number of benzene rings is 2. The molecule has 2 atom stereocenters. The summed E-state index contributed by atoms with van der Waals surface area (Å²) < 4.78 is 5.27. The van der Waals surface area contributed by atoms with Crippen LogP contribution >= 0.6 is 0 Å². The van der Waals surface area contributed by atoms with Gasteiger partial charge in [-0.05, 0) is 62.6 Å². The van der Waals surface area contributed by atoms with Crippen LogP contribution in [0.3, 0.4) is 0 Å². The number of ether oxygens (including phenoxy) is 1. The minimum Gasteiger partial charge on any atom is -0.444 e. The van der Waals surface area contributed by atoms with Crippen molar-refractivity contribution in [3.63, 3.8) is 0 Å². The van der Waals surface area contributed by atoms with Gasteiger partial charge >= 0.3 is 6.09 Å². The molecule has 0 spiro atoms. The quantitative estimate of drug-likeness (QED) is 0.308. The molecule has 0 fully saturated rings. The average Bonchev–Trinajstić information content (AvgIpc) is 2.85. The molecule has 0 aliphatic rings. The summed E-state index contributed by atoms with van der Waals surface area (Å²) in [5.74, 6) is -1.41. The maximum absolute atomic E-state index is 13.0. The second-order valence-corrected chi connectivity index (χ2v) is 11.0. The first-order chi connectivity index (χ1) is 18.3. The summed E-state index contributed by atoms with van der Waals surface area (Å²) in [4.78, 5) is 49.7. The molecule has 0 heterocycles. The Labute approximate surface area is 231 Å². The minimum absolute atomic E-state index is 0.00769. The third kappa shape index (κ3) is 12.0. The summed E-state index contributed by atoms with van der Waals surface area (Å²) in [6.07, 6.45) is 0.229. The molecule has 2 aromatic rings. The molecule has 4 amide bonds. The Balaban J connectivity index is 1.92. The van der Waals surface area contributed by atoms with E-state index in [1.807, 2.05) is 44.2 Å². The summed E-state index contributed by atoms with van der Waals surface area (Å²) in [6.45, 7) is 9.35. The summed E-state index contributed by atoms with van der Waals surface area (Å²) in [5.41, 5.74) is 8.03. The number of nitrogens with one attached hydrogen (secondary N) is 3. The molecule has 0 saturated heterocycles. The summed E-state index contributed by atoms with van der Waals surface area (Å²) in [6, 6.07) is 16.3. The molecule has 2 rings (SSSR count). The molecule has 2 aromatic carbocycles. The molecule has 212 valence electrons. The van der Waals surface area contributed by atoms with E-state index >= 15 is 0 Å². The van der Waals surface area contributed by atoms with Gasteiger partial charge in [0.2, 0.25) is 17.7 Å². The van der Waals surface area contributed by atoms with Gasteiger partial charge in [0.1, 0.15) is 17.7 Å². The van der Waals surface area contributed by atoms with Gasteiger partial charge < -0.3 is 26.4 Å². The highest BCUT2D eigenvalue weighted by molar-refractivity contribution is 5.91. The molecule has 0 saturated carbocycles. The van der Waals surface area contributed by atoms with E-state index in [1.165, 1.54) is 0 Å². The maximum Gasteiger partial charge on any atom is 0.408 e. The largest absolute Gasteiger partial charge is 0.444 e. The van der Waals surface area contributed by atoms with Gasteiger partial charge in [0.25, 0.3) is 0 Å². The van der Waals surface area contributed by atoms with E-state index in [-0.39, 0.29) is 24.7 Å². The fourth-order valence-corrected chi connectivity index (χ4v) is 3.91. The first-order valence-electron chi connectivity index (χ1n) is 13.3. The smallest absolute Gasteiger partial charge is 0.408 e. The monoisotopic (exact) mass is 538 g/mol. The summed E-state index contributed by atoms with van der Waals surface area (Å²) in [7, 11) is 0. The zero-order chi connectivity index (χ0) is 29.0. The van der Waals surface area contributed by atoms with Crippen molar-refractivity contribution in [3.05, 3.63) is 60.2 Å². The van der Waals surface area contributed by atoms with Crippen molar-refractivity contribution in [2.75, 3.05) is 6.54 Å². The van der Waals surface area contributed by atoms with Crippen LogP contribution in [0.1, 0.15) is 59.4 Å². The Kier molecular flexibility index (Phi) is 12.0. The standard InChI is InChI=1S/C30H42N4O5/c1-20(2)19-25(27(31)36)33-28(37)24(34-29(38)39-30(3,4)5)15-16-26(35)32-18-17-21-11-13-23(14-12-21)22-9-7-6-8-10-22/h6-14,20,24-25H,15-19H2,1-5H3,(H2,31,36)(H,32,35)(H,33,37)(H,34,38)/t24-,25-/m0/s1. The second kappa shape index (κ2) is 14.9. The van der Waals surface area contributed by atoms with E-state index in [4.69, 9.17) is 10.5 Å². The number of carbonyl (C=O) groups is 4. The van der Waals surface area contributed by atoms with Crippen LogP contribution in [-0.2, 0) is 25.5 Å². The molecular formula is C30H42N4O5. The number of carbonyl (C=O) groups excluding carboxylic acids is 4. The molecule has 0 aliphatic heterocycles. The van der Waals surface area contributed by atoms with E-state index in [1.54, 1.807) is 20.8 Å². The lowest BCUT2D eigenvalue weighted by atomic mass is 10.0. The van der Waals surface area contributed by atoms with Gasteiger partial charge in [-0.1, -0.05) is 68.4 Å². The van der Waals surface area contributed by atoms with Gasteiger partial charge in [-0.15, -0.1) is 0 Å². The minimum atomic E-state index is -1.08. The molecule has 39 heavy (non-hydrogen) atoms. The lowest BCUT2D eigenvalue weighted by Crippen LogP contribution is -2.54. The lowest BCUT2D eigenvalue weighted by molar-refractivity contribution is -0.129. The Hall–Kier alpha value is -3.88. The van der Waals surface area contributed by atoms with Gasteiger partial charge in [-0.25, -0.2) is 4.79 Å². The molecule has 0 bridgehead atoms. The Morgan fingerprint density at radius 3 is 2.05 bits per heavy atom. The van der Waals surface area contributed by atoms with Gasteiger partial charge in [0.15, 0.2) is 0 Å². The van der Waals surface area contributed by atoms with Crippen molar-refractivity contribution in [2.45, 2.75) is 78.0 Å². The van der Waals surface area contributed by atoms with Gasteiger partial charge in [0, 0.05) is 13.0 Å². The Bertz CT molecular complexity index is 1090. The van der Waals surface area contributed by atoms with Crippen LogP contribution in [0.4, 0.5) is 4.79 Å². The second-order valence-electron chi connectivity index (χ2n) is 11.0. The predicted molar refractivity (Wildman–Crippen MR) is 152 cm³/mol. The van der Waals surface area contributed by atoms with Crippen molar-refractivity contribution >= 4 is 23.8 Å². The highest BCUT2D eigenvalue weighted by Crippen LogP contribution is 2.19. The third-order valence-electron chi connectivity index (χ3n) is 5.83. The summed E-state index contributed by atoms with van der Waals surface area (Å²) >= 11 is 0. The zero-order valence-electron chi connectivity index (χ0n) is 23.6. The molecular weight excluding hydrogens is 496 g/mol. The van der Waals surface area contributed by atoms with Crippen molar-refractivity contribution < 1.29 is 23.9 Å². The number of primary amides is 1. The first kappa shape index (κ1) is 31.3. The van der Waals surface area contributed by atoms with Crippen LogP contribution in [0.15, 0.2) is 54.6 Å². The van der Waals surface area contributed by atoms with Crippen LogP contribution in [0, 0.1) is 5.92 Å². The third-order valence-corrected chi connectivity index (χ3v) is 5.83. The van der Waals surface area contributed by atoms with Crippen molar-refractivity contribution in [2.24, 2.45) is 11.7 Å². The molecule has 0 aliphatic carbocycles. The van der Waals surface area contributed by atoms with E-state index in [2.05, 4.69) is 40.2 Å². The number of rotatable bonds is 13. The maximum atomic E-state index is 13.0. The Morgan fingerprint density at radius 2 is 1.49 bits per heavy atom. The lowest BCUT2D eigenvalue weighted by Gasteiger charge is -2.25. The molecule has 9 nitrogen and oxygen atoms in total. The van der Waals surface area contributed by atoms with Crippen molar-refractivity contribution in [1.29, 1.82) is 0 Å². The van der Waals surface area contributed by atoms with E-state index in [9.17, 15) is 19.2 Å². The highest BCUT2D eigenvalue weighted by Gasteiger charge is 2.28. The summed E-state index contributed by atoms with van der Waals surface area (Å²) in [5, 5.41) is 7.99. The number of amides is 4. The Morgan fingerprint density at radius 1 is 0.872 bits per heavy atom. The van der Waals surface area contributed by atoms with Crippen molar-refractivity contribution in [1.82, 2.24) is 16.0 Å². The fourth-order valence-electron chi connectivity index (χ4n) is 3.91. The molecule has 5 N–H and O–H groups in total. The predicted octanol–water partition coefficient (Wildman–Crippen LogP) is 3.70. The molecule has 0 aromatic heterocycles. The first-order valence-corrected chi connectivity index (χ1v) is 13.3. The van der Waals surface area contributed by atoms with E-state index in [0.717, 1.165) is 16.7 Å². The van der Waals surface area contributed by atoms with Gasteiger partial charge in [0.05, 0.1) is 0 Å². The van der Waals surface area contributed by atoms with Gasteiger partial charge in [-0.2, -0.15) is 0 Å². The SMILES string of the molecule is CC(C)C[C@H](NC(=O)[C@H](CCC(=O)NCCc1ccc(-c2ccccc2)cc1)NC(=O)OC(C)(C)C)C(N)=O. The van der Waals surface area contributed by atoms with Crippen LogP contribution in [0.5, 0.6) is 0 Å².